The van der Waals surface area contributed by atoms with Crippen LogP contribution in [0.25, 0.3) is 0 Å². The molecule has 2 aromatic rings. The second kappa shape index (κ2) is 5.17. The number of rotatable bonds is 3. The van der Waals surface area contributed by atoms with E-state index in [-0.39, 0.29) is 11.1 Å². The van der Waals surface area contributed by atoms with Gasteiger partial charge in [-0.3, -0.25) is 9.89 Å². The predicted molar refractivity (Wildman–Crippen MR) is 67.0 cm³/mol. The number of carbonyl (C=O) groups is 1. The van der Waals surface area contributed by atoms with Crippen LogP contribution in [0.4, 0.5) is 14.6 Å². The van der Waals surface area contributed by atoms with Gasteiger partial charge in [0.2, 0.25) is 0 Å². The summed E-state index contributed by atoms with van der Waals surface area (Å²) in [5.41, 5.74) is 0.829. The van der Waals surface area contributed by atoms with E-state index in [1.807, 2.05) is 6.92 Å². The van der Waals surface area contributed by atoms with Gasteiger partial charge in [-0.15, -0.1) is 0 Å². The van der Waals surface area contributed by atoms with E-state index in [0.717, 1.165) is 5.56 Å². The van der Waals surface area contributed by atoms with Gasteiger partial charge in [0.05, 0.1) is 11.8 Å². The van der Waals surface area contributed by atoms with E-state index in [4.69, 9.17) is 0 Å². The van der Waals surface area contributed by atoms with E-state index >= 15 is 0 Å². The van der Waals surface area contributed by atoms with Crippen molar-refractivity contribution in [3.05, 3.63) is 46.7 Å². The molecule has 6 heteroatoms. The predicted octanol–water partition coefficient (Wildman–Crippen LogP) is 2.81. The lowest BCUT2D eigenvalue weighted by Crippen LogP contribution is -2.15. The Morgan fingerprint density at radius 2 is 2.11 bits per heavy atom. The number of hydrogen-bond acceptors (Lipinski definition) is 2. The fourth-order valence-corrected chi connectivity index (χ4v) is 1.70. The molecular weight excluding hydrogens is 252 g/mol. The average molecular weight is 265 g/mol. The van der Waals surface area contributed by atoms with Crippen LogP contribution in [0.3, 0.4) is 0 Å². The van der Waals surface area contributed by atoms with E-state index in [9.17, 15) is 13.6 Å². The van der Waals surface area contributed by atoms with Gasteiger partial charge in [0.25, 0.3) is 5.91 Å². The van der Waals surface area contributed by atoms with Crippen LogP contribution in [-0.4, -0.2) is 16.1 Å². The molecule has 0 radical (unpaired) electrons. The smallest absolute Gasteiger partial charge is 0.259 e. The Balaban J connectivity index is 2.28. The first-order valence-corrected chi connectivity index (χ1v) is 5.82. The molecule has 1 heterocycles. The Morgan fingerprint density at radius 3 is 2.79 bits per heavy atom. The summed E-state index contributed by atoms with van der Waals surface area (Å²) in [6.07, 6.45) is 2.26. The molecule has 2 rings (SSSR count). The van der Waals surface area contributed by atoms with Crippen molar-refractivity contribution in [3.63, 3.8) is 0 Å². The van der Waals surface area contributed by atoms with Crippen LogP contribution in [0, 0.1) is 18.6 Å². The fourth-order valence-electron chi connectivity index (χ4n) is 1.70. The van der Waals surface area contributed by atoms with E-state index in [1.165, 1.54) is 13.0 Å². The fraction of sp³-hybridized carbons (Fsp3) is 0.231. The third kappa shape index (κ3) is 2.62. The number of halogens is 2. The number of benzene rings is 1. The van der Waals surface area contributed by atoms with Gasteiger partial charge in [-0.05, 0) is 25.0 Å². The van der Waals surface area contributed by atoms with Crippen LogP contribution in [0.2, 0.25) is 0 Å². The zero-order chi connectivity index (χ0) is 14.0. The number of hydrogen-bond donors (Lipinski definition) is 2. The molecule has 0 aliphatic heterocycles. The van der Waals surface area contributed by atoms with Crippen molar-refractivity contribution in [2.24, 2.45) is 0 Å². The molecule has 100 valence electrons. The third-order valence-electron chi connectivity index (χ3n) is 2.83. The van der Waals surface area contributed by atoms with Crippen molar-refractivity contribution in [1.82, 2.24) is 10.2 Å². The summed E-state index contributed by atoms with van der Waals surface area (Å²) in [5, 5.41) is 8.95. The largest absolute Gasteiger partial charge is 0.307 e. The minimum Gasteiger partial charge on any atom is -0.307 e. The van der Waals surface area contributed by atoms with E-state index in [1.54, 1.807) is 6.20 Å². The van der Waals surface area contributed by atoms with Gasteiger partial charge in [-0.2, -0.15) is 5.10 Å². The first-order valence-electron chi connectivity index (χ1n) is 5.82. The molecule has 0 fully saturated rings. The molecule has 0 atom stereocenters. The Hall–Kier alpha value is -2.24. The Kier molecular flexibility index (Phi) is 3.59. The Morgan fingerprint density at radius 1 is 1.37 bits per heavy atom. The van der Waals surface area contributed by atoms with Crippen LogP contribution >= 0.6 is 0 Å². The summed E-state index contributed by atoms with van der Waals surface area (Å²) >= 11 is 0. The molecule has 1 aromatic carbocycles. The first kappa shape index (κ1) is 13.2. The van der Waals surface area contributed by atoms with Gasteiger partial charge in [0.15, 0.2) is 0 Å². The maximum absolute atomic E-state index is 13.6. The number of carbonyl (C=O) groups excluding carboxylic acids is 1. The summed E-state index contributed by atoms with van der Waals surface area (Å²) in [7, 11) is 0. The van der Waals surface area contributed by atoms with Crippen LogP contribution < -0.4 is 5.32 Å². The highest BCUT2D eigenvalue weighted by Crippen LogP contribution is 2.17. The average Bonchev–Trinajstić information content (AvgIpc) is 2.80. The Labute approximate surface area is 108 Å². The number of nitrogens with zero attached hydrogens (tertiary/aromatic N) is 1. The zero-order valence-electron chi connectivity index (χ0n) is 10.6. The van der Waals surface area contributed by atoms with E-state index in [2.05, 4.69) is 15.5 Å². The maximum Gasteiger partial charge on any atom is 0.259 e. The van der Waals surface area contributed by atoms with Crippen molar-refractivity contribution in [2.75, 3.05) is 5.32 Å². The van der Waals surface area contributed by atoms with Gasteiger partial charge in [0, 0.05) is 11.6 Å². The van der Waals surface area contributed by atoms with Crippen LogP contribution in [-0.2, 0) is 6.42 Å². The summed E-state index contributed by atoms with van der Waals surface area (Å²) in [6.45, 7) is 3.38. The molecule has 0 spiro atoms. The second-order valence-corrected chi connectivity index (χ2v) is 4.16. The number of amides is 1. The zero-order valence-corrected chi connectivity index (χ0v) is 10.6. The number of aromatic nitrogens is 2. The summed E-state index contributed by atoms with van der Waals surface area (Å²) in [5.74, 6) is -1.78. The molecule has 19 heavy (non-hydrogen) atoms. The van der Waals surface area contributed by atoms with E-state index < -0.39 is 17.5 Å². The maximum atomic E-state index is 13.6. The van der Waals surface area contributed by atoms with Gasteiger partial charge in [-0.1, -0.05) is 6.92 Å². The van der Waals surface area contributed by atoms with Crippen LogP contribution in [0.5, 0.6) is 0 Å². The molecule has 0 saturated heterocycles. The van der Waals surface area contributed by atoms with E-state index in [0.29, 0.717) is 18.3 Å². The molecule has 0 aliphatic carbocycles. The summed E-state index contributed by atoms with van der Waals surface area (Å²) < 4.78 is 26.7. The lowest BCUT2D eigenvalue weighted by molar-refractivity contribution is 0.102. The van der Waals surface area contributed by atoms with Crippen LogP contribution in [0.15, 0.2) is 18.3 Å². The van der Waals surface area contributed by atoms with Crippen molar-refractivity contribution in [1.29, 1.82) is 0 Å². The van der Waals surface area contributed by atoms with Gasteiger partial charge >= 0.3 is 0 Å². The molecule has 2 N–H and O–H groups in total. The molecule has 0 unspecified atom stereocenters. The monoisotopic (exact) mass is 265 g/mol. The molecular formula is C13H13F2N3O. The number of aryl methyl sites for hydroxylation is 2. The number of H-pyrrole nitrogens is 1. The molecule has 1 aromatic heterocycles. The molecule has 0 bridgehead atoms. The number of nitrogens with one attached hydrogen (secondary N) is 2. The summed E-state index contributed by atoms with van der Waals surface area (Å²) in [4.78, 5) is 11.9. The minimum absolute atomic E-state index is 0.199. The highest BCUT2D eigenvalue weighted by molar-refractivity contribution is 6.04. The molecule has 0 saturated carbocycles. The van der Waals surface area contributed by atoms with Crippen molar-refractivity contribution in [2.45, 2.75) is 20.3 Å². The van der Waals surface area contributed by atoms with Crippen molar-refractivity contribution >= 4 is 11.7 Å². The topological polar surface area (TPSA) is 57.8 Å². The Bertz CT molecular complexity index is 622. The quantitative estimate of drug-likeness (QED) is 0.896. The number of anilines is 1. The van der Waals surface area contributed by atoms with Gasteiger partial charge in [-0.25, -0.2) is 8.78 Å². The SMILES string of the molecule is CCc1cn[nH]c1NC(=O)c1cc(C)c(F)cc1F. The van der Waals surface area contributed by atoms with Gasteiger partial charge in [0.1, 0.15) is 17.5 Å². The van der Waals surface area contributed by atoms with Gasteiger partial charge < -0.3 is 5.32 Å². The lowest BCUT2D eigenvalue weighted by Gasteiger charge is -2.07. The third-order valence-corrected chi connectivity index (χ3v) is 2.83. The molecule has 1 amide bonds. The normalized spacial score (nSPS) is 10.5. The minimum atomic E-state index is -0.891. The molecule has 4 nitrogen and oxygen atoms in total. The number of aromatic amines is 1. The second-order valence-electron chi connectivity index (χ2n) is 4.16. The highest BCUT2D eigenvalue weighted by atomic mass is 19.1. The highest BCUT2D eigenvalue weighted by Gasteiger charge is 2.16. The van der Waals surface area contributed by atoms with Crippen molar-refractivity contribution in [3.8, 4) is 0 Å². The summed E-state index contributed by atoms with van der Waals surface area (Å²) in [6, 6.07) is 1.89. The van der Waals surface area contributed by atoms with Crippen LogP contribution in [0.1, 0.15) is 28.4 Å². The molecule has 0 aliphatic rings. The first-order chi connectivity index (χ1) is 9.02. The lowest BCUT2D eigenvalue weighted by atomic mass is 10.1. The standard InChI is InChI=1S/C13H13F2N3O/c1-3-8-6-16-18-12(8)17-13(19)9-4-7(2)10(14)5-11(9)15/h4-6H,3H2,1-2H3,(H2,16,17,18,19). The van der Waals surface area contributed by atoms with Crippen molar-refractivity contribution < 1.29 is 13.6 Å².